The van der Waals surface area contributed by atoms with Crippen LogP contribution in [0.4, 0.5) is 0 Å². The maximum absolute atomic E-state index is 12.3. The molecule has 2 fully saturated rings. The molecule has 1 aliphatic carbocycles. The summed E-state index contributed by atoms with van der Waals surface area (Å²) in [5.74, 6) is 0.505. The molecule has 2 aliphatic rings. The molecular weight excluding hydrogens is 270 g/mol. The topological polar surface area (TPSA) is 62.7 Å². The fraction of sp³-hybridized carbons (Fsp3) is 0.533. The van der Waals surface area contributed by atoms with Crippen molar-refractivity contribution in [2.24, 2.45) is 0 Å². The molecule has 1 aliphatic heterocycles. The van der Waals surface area contributed by atoms with Crippen molar-refractivity contribution >= 4 is 11.8 Å². The number of ether oxygens (including phenoxy) is 1. The molecular formula is C15H19N3O3. The van der Waals surface area contributed by atoms with Crippen LogP contribution >= 0.6 is 0 Å². The number of piperazine rings is 1. The minimum absolute atomic E-state index is 0.0560. The van der Waals surface area contributed by atoms with E-state index >= 15 is 0 Å². The normalized spacial score (nSPS) is 18.8. The molecule has 21 heavy (non-hydrogen) atoms. The van der Waals surface area contributed by atoms with Gasteiger partial charge in [0.25, 0.3) is 0 Å². The maximum Gasteiger partial charge on any atom is 0.242 e. The number of hydrogen-bond acceptors (Lipinski definition) is 4. The molecule has 1 aromatic rings. The summed E-state index contributed by atoms with van der Waals surface area (Å²) in [7, 11) is 1.55. The molecule has 6 heteroatoms. The number of carbonyl (C=O) groups is 2. The van der Waals surface area contributed by atoms with E-state index in [0.29, 0.717) is 30.7 Å². The molecule has 2 heterocycles. The molecule has 0 N–H and O–H groups in total. The Morgan fingerprint density at radius 1 is 1.38 bits per heavy atom. The second-order valence-corrected chi connectivity index (χ2v) is 5.48. The van der Waals surface area contributed by atoms with Crippen LogP contribution < -0.4 is 4.74 Å². The van der Waals surface area contributed by atoms with Crippen molar-refractivity contribution in [3.05, 3.63) is 23.9 Å². The first-order chi connectivity index (χ1) is 10.2. The first-order valence-electron chi connectivity index (χ1n) is 7.24. The summed E-state index contributed by atoms with van der Waals surface area (Å²) in [6.07, 6.45) is 2.41. The highest BCUT2D eigenvalue weighted by Crippen LogP contribution is 2.28. The zero-order valence-corrected chi connectivity index (χ0v) is 12.1. The van der Waals surface area contributed by atoms with Gasteiger partial charge in [-0.1, -0.05) is 6.07 Å². The van der Waals surface area contributed by atoms with Gasteiger partial charge in [-0.05, 0) is 18.9 Å². The molecule has 0 atom stereocenters. The summed E-state index contributed by atoms with van der Waals surface area (Å²) in [5.41, 5.74) is 0.663. The lowest BCUT2D eigenvalue weighted by Gasteiger charge is -2.34. The van der Waals surface area contributed by atoms with Crippen molar-refractivity contribution < 1.29 is 14.3 Å². The quantitative estimate of drug-likeness (QED) is 0.808. The third kappa shape index (κ3) is 3.15. The smallest absolute Gasteiger partial charge is 0.242 e. The van der Waals surface area contributed by atoms with Gasteiger partial charge in [-0.2, -0.15) is 0 Å². The Morgan fingerprint density at radius 3 is 2.86 bits per heavy atom. The Kier molecular flexibility index (Phi) is 3.77. The Balaban J connectivity index is 1.59. The van der Waals surface area contributed by atoms with E-state index in [-0.39, 0.29) is 24.8 Å². The number of methoxy groups -OCH3 is 1. The third-order valence-corrected chi connectivity index (χ3v) is 3.92. The molecule has 6 nitrogen and oxygen atoms in total. The summed E-state index contributed by atoms with van der Waals surface area (Å²) in [6.45, 7) is 1.46. The highest BCUT2D eigenvalue weighted by atomic mass is 16.5. The Bertz CT molecular complexity index is 557. The molecule has 1 aromatic heterocycles. The average Bonchev–Trinajstić information content (AvgIpc) is 3.32. The predicted octanol–water partition coefficient (Wildman–Crippen LogP) is 0.466. The molecule has 0 bridgehead atoms. The van der Waals surface area contributed by atoms with Crippen molar-refractivity contribution in [2.75, 3.05) is 26.7 Å². The van der Waals surface area contributed by atoms with Gasteiger partial charge in [-0.3, -0.25) is 9.59 Å². The molecule has 0 radical (unpaired) electrons. The van der Waals surface area contributed by atoms with Gasteiger partial charge in [0.15, 0.2) is 0 Å². The highest BCUT2D eigenvalue weighted by molar-refractivity contribution is 5.87. The van der Waals surface area contributed by atoms with Crippen molar-refractivity contribution in [3.63, 3.8) is 0 Å². The van der Waals surface area contributed by atoms with Gasteiger partial charge in [0, 0.05) is 25.2 Å². The van der Waals surface area contributed by atoms with Crippen LogP contribution in [0, 0.1) is 0 Å². The lowest BCUT2D eigenvalue weighted by atomic mass is 10.2. The lowest BCUT2D eigenvalue weighted by Crippen LogP contribution is -2.53. The number of carbonyl (C=O) groups excluding carboxylic acids is 2. The van der Waals surface area contributed by atoms with E-state index < -0.39 is 0 Å². The van der Waals surface area contributed by atoms with Gasteiger partial charge in [0.2, 0.25) is 17.7 Å². The van der Waals surface area contributed by atoms with Crippen LogP contribution in [0.2, 0.25) is 0 Å². The Labute approximate surface area is 123 Å². The average molecular weight is 289 g/mol. The standard InChI is InChI=1S/C15H19N3O3/c1-21-13-4-2-3-11(16-13)9-14(19)17-7-8-18(12-5-6-12)15(20)10-17/h2-4,12H,5-10H2,1H3. The van der Waals surface area contributed by atoms with Crippen molar-refractivity contribution in [1.82, 2.24) is 14.8 Å². The summed E-state index contributed by atoms with van der Waals surface area (Å²) in [6, 6.07) is 5.77. The second-order valence-electron chi connectivity index (χ2n) is 5.48. The summed E-state index contributed by atoms with van der Waals surface area (Å²) in [5, 5.41) is 0. The van der Waals surface area contributed by atoms with Crippen LogP contribution in [-0.4, -0.2) is 59.4 Å². The number of hydrogen-bond donors (Lipinski definition) is 0. The van der Waals surface area contributed by atoms with Crippen molar-refractivity contribution in [1.29, 1.82) is 0 Å². The van der Waals surface area contributed by atoms with Crippen LogP contribution in [0.1, 0.15) is 18.5 Å². The summed E-state index contributed by atoms with van der Waals surface area (Å²) < 4.78 is 5.05. The van der Waals surface area contributed by atoms with Crippen molar-refractivity contribution in [2.45, 2.75) is 25.3 Å². The van der Waals surface area contributed by atoms with E-state index in [4.69, 9.17) is 4.74 Å². The second kappa shape index (κ2) is 5.71. The van der Waals surface area contributed by atoms with Crippen molar-refractivity contribution in [3.8, 4) is 5.88 Å². The highest BCUT2D eigenvalue weighted by Gasteiger charge is 2.36. The number of amides is 2. The van der Waals surface area contributed by atoms with Gasteiger partial charge in [0.1, 0.15) is 0 Å². The Hall–Kier alpha value is -2.11. The van der Waals surface area contributed by atoms with Gasteiger partial charge >= 0.3 is 0 Å². The zero-order chi connectivity index (χ0) is 14.8. The first kappa shape index (κ1) is 13.9. The van der Waals surface area contributed by atoms with E-state index in [2.05, 4.69) is 4.98 Å². The molecule has 1 saturated carbocycles. The fourth-order valence-corrected chi connectivity index (χ4v) is 2.61. The lowest BCUT2D eigenvalue weighted by molar-refractivity contribution is -0.145. The largest absolute Gasteiger partial charge is 0.481 e. The number of nitrogens with zero attached hydrogens (tertiary/aromatic N) is 3. The van der Waals surface area contributed by atoms with Crippen LogP contribution in [0.25, 0.3) is 0 Å². The fourth-order valence-electron chi connectivity index (χ4n) is 2.61. The van der Waals surface area contributed by atoms with E-state index in [1.807, 2.05) is 11.0 Å². The monoisotopic (exact) mass is 289 g/mol. The summed E-state index contributed by atoms with van der Waals surface area (Å²) in [4.78, 5) is 32.1. The number of aromatic nitrogens is 1. The molecule has 0 spiro atoms. The maximum atomic E-state index is 12.3. The third-order valence-electron chi connectivity index (χ3n) is 3.92. The Morgan fingerprint density at radius 2 is 2.19 bits per heavy atom. The molecule has 0 aromatic carbocycles. The summed E-state index contributed by atoms with van der Waals surface area (Å²) >= 11 is 0. The molecule has 3 rings (SSSR count). The molecule has 112 valence electrons. The van der Waals surface area contributed by atoms with Crippen LogP contribution in [-0.2, 0) is 16.0 Å². The molecule has 0 unspecified atom stereocenters. The molecule has 2 amide bonds. The molecule has 1 saturated heterocycles. The SMILES string of the molecule is COc1cccc(CC(=O)N2CCN(C3CC3)C(=O)C2)n1. The van der Waals surface area contributed by atoms with Gasteiger partial charge < -0.3 is 14.5 Å². The minimum atomic E-state index is -0.0560. The van der Waals surface area contributed by atoms with E-state index in [0.717, 1.165) is 12.8 Å². The van der Waals surface area contributed by atoms with Gasteiger partial charge in [-0.15, -0.1) is 0 Å². The minimum Gasteiger partial charge on any atom is -0.481 e. The van der Waals surface area contributed by atoms with E-state index in [1.54, 1.807) is 24.1 Å². The van der Waals surface area contributed by atoms with Crippen LogP contribution in [0.5, 0.6) is 5.88 Å². The predicted molar refractivity (Wildman–Crippen MR) is 75.8 cm³/mol. The van der Waals surface area contributed by atoms with Gasteiger partial charge in [0.05, 0.1) is 25.8 Å². The van der Waals surface area contributed by atoms with E-state index in [1.165, 1.54) is 0 Å². The zero-order valence-electron chi connectivity index (χ0n) is 12.1. The van der Waals surface area contributed by atoms with Crippen LogP contribution in [0.3, 0.4) is 0 Å². The number of pyridine rings is 1. The van der Waals surface area contributed by atoms with E-state index in [9.17, 15) is 9.59 Å². The van der Waals surface area contributed by atoms with Gasteiger partial charge in [-0.25, -0.2) is 4.98 Å². The number of rotatable bonds is 4. The first-order valence-corrected chi connectivity index (χ1v) is 7.24. The van der Waals surface area contributed by atoms with Crippen LogP contribution in [0.15, 0.2) is 18.2 Å².